The van der Waals surface area contributed by atoms with Gasteiger partial charge >= 0.3 is 6.09 Å². The van der Waals surface area contributed by atoms with Gasteiger partial charge in [-0.05, 0) is 70.4 Å². The number of hydrogen-bond donors (Lipinski definition) is 3. The average Bonchev–Trinajstić information content (AvgIpc) is 2.75. The zero-order valence-corrected chi connectivity index (χ0v) is 21.8. The summed E-state index contributed by atoms with van der Waals surface area (Å²) in [4.78, 5) is 40.8. The summed E-state index contributed by atoms with van der Waals surface area (Å²) in [7, 11) is 0. The summed E-state index contributed by atoms with van der Waals surface area (Å²) < 4.78 is 5.27. The Labute approximate surface area is 211 Å². The van der Waals surface area contributed by atoms with Crippen molar-refractivity contribution < 1.29 is 24.2 Å². The maximum absolute atomic E-state index is 13.6. The van der Waals surface area contributed by atoms with E-state index in [2.05, 4.69) is 10.6 Å². The Morgan fingerprint density at radius 3 is 2.29 bits per heavy atom. The Kier molecular flexibility index (Phi) is 9.54. The molecule has 2 rings (SSSR count). The molecule has 190 valence electrons. The third-order valence-corrected chi connectivity index (χ3v) is 5.41. The molecule has 0 aliphatic heterocycles. The molecule has 35 heavy (non-hydrogen) atoms. The van der Waals surface area contributed by atoms with E-state index in [1.807, 2.05) is 19.9 Å². The number of phenols is 1. The standard InChI is InChI=1S/C26H34ClN3O5/c1-7-15-30(24(33)17(3)28-25(34)35-26(4,5)6)22(18-11-13-19(31)14-12-18)23(32)29-21-16(2)9-8-10-20(21)27/h8-14,17,22,31H,7,15H2,1-6H3,(H,28,34)(H,29,32). The average molecular weight is 504 g/mol. The third kappa shape index (κ3) is 7.89. The molecule has 2 aromatic carbocycles. The van der Waals surface area contributed by atoms with Crippen molar-refractivity contribution in [3.63, 3.8) is 0 Å². The number of nitrogens with zero attached hydrogens (tertiary/aromatic N) is 1. The van der Waals surface area contributed by atoms with Crippen LogP contribution in [0.25, 0.3) is 0 Å². The SMILES string of the molecule is CCCN(C(=O)C(C)NC(=O)OC(C)(C)C)C(C(=O)Nc1c(C)cccc1Cl)c1ccc(O)cc1. The monoisotopic (exact) mass is 503 g/mol. The number of anilines is 1. The van der Waals surface area contributed by atoms with Gasteiger partial charge in [-0.15, -0.1) is 0 Å². The molecule has 3 N–H and O–H groups in total. The molecule has 0 saturated carbocycles. The van der Waals surface area contributed by atoms with E-state index < -0.39 is 35.6 Å². The first-order chi connectivity index (χ1) is 16.3. The summed E-state index contributed by atoms with van der Waals surface area (Å²) in [6, 6.07) is 9.34. The Balaban J connectivity index is 2.42. The van der Waals surface area contributed by atoms with Crippen LogP contribution in [0.15, 0.2) is 42.5 Å². The first-order valence-corrected chi connectivity index (χ1v) is 11.9. The van der Waals surface area contributed by atoms with Crippen molar-refractivity contribution >= 4 is 35.2 Å². The van der Waals surface area contributed by atoms with Gasteiger partial charge in [0.25, 0.3) is 5.91 Å². The molecule has 2 aromatic rings. The van der Waals surface area contributed by atoms with Crippen LogP contribution in [0.2, 0.25) is 5.02 Å². The number of hydrogen-bond acceptors (Lipinski definition) is 5. The molecular formula is C26H34ClN3O5. The highest BCUT2D eigenvalue weighted by atomic mass is 35.5. The van der Waals surface area contributed by atoms with Gasteiger partial charge in [-0.1, -0.05) is 42.8 Å². The minimum Gasteiger partial charge on any atom is -0.508 e. The molecule has 0 aromatic heterocycles. The van der Waals surface area contributed by atoms with E-state index in [4.69, 9.17) is 16.3 Å². The first-order valence-electron chi connectivity index (χ1n) is 11.5. The van der Waals surface area contributed by atoms with Crippen LogP contribution in [0.4, 0.5) is 10.5 Å². The fraction of sp³-hybridized carbons (Fsp3) is 0.423. The van der Waals surface area contributed by atoms with Crippen molar-refractivity contribution in [3.8, 4) is 5.75 Å². The second kappa shape index (κ2) is 11.9. The largest absolute Gasteiger partial charge is 0.508 e. The maximum atomic E-state index is 13.6. The molecule has 0 saturated heterocycles. The van der Waals surface area contributed by atoms with Crippen LogP contribution in [-0.4, -0.2) is 46.1 Å². The van der Waals surface area contributed by atoms with Gasteiger partial charge in [0, 0.05) is 6.54 Å². The van der Waals surface area contributed by atoms with Crippen molar-refractivity contribution in [1.29, 1.82) is 0 Å². The van der Waals surface area contributed by atoms with Crippen molar-refractivity contribution in [2.45, 2.75) is 65.6 Å². The molecule has 9 heteroatoms. The van der Waals surface area contributed by atoms with Crippen LogP contribution >= 0.6 is 11.6 Å². The van der Waals surface area contributed by atoms with Crippen molar-refractivity contribution in [3.05, 3.63) is 58.6 Å². The summed E-state index contributed by atoms with van der Waals surface area (Å²) in [6.07, 6.45) is -0.162. The highest BCUT2D eigenvalue weighted by Crippen LogP contribution is 2.30. The summed E-state index contributed by atoms with van der Waals surface area (Å²) in [6.45, 7) is 10.7. The van der Waals surface area contributed by atoms with Gasteiger partial charge in [0.15, 0.2) is 0 Å². The highest BCUT2D eigenvalue weighted by Gasteiger charge is 2.34. The molecular weight excluding hydrogens is 470 g/mol. The highest BCUT2D eigenvalue weighted by molar-refractivity contribution is 6.34. The van der Waals surface area contributed by atoms with Crippen LogP contribution in [0.5, 0.6) is 5.75 Å². The van der Waals surface area contributed by atoms with Crippen LogP contribution in [-0.2, 0) is 14.3 Å². The fourth-order valence-corrected chi connectivity index (χ4v) is 3.78. The van der Waals surface area contributed by atoms with E-state index in [9.17, 15) is 19.5 Å². The van der Waals surface area contributed by atoms with E-state index >= 15 is 0 Å². The number of nitrogens with one attached hydrogen (secondary N) is 2. The van der Waals surface area contributed by atoms with E-state index in [1.165, 1.54) is 17.0 Å². The summed E-state index contributed by atoms with van der Waals surface area (Å²) in [5.74, 6) is -0.900. The summed E-state index contributed by atoms with van der Waals surface area (Å²) in [5, 5.41) is 15.5. The second-order valence-electron chi connectivity index (χ2n) is 9.31. The number of para-hydroxylation sites is 1. The molecule has 2 atom stereocenters. The molecule has 0 aliphatic rings. The predicted molar refractivity (Wildman–Crippen MR) is 137 cm³/mol. The third-order valence-electron chi connectivity index (χ3n) is 5.09. The Morgan fingerprint density at radius 2 is 1.74 bits per heavy atom. The number of phenolic OH excluding ortho intramolecular Hbond substituents is 1. The van der Waals surface area contributed by atoms with Gasteiger partial charge in [0.05, 0.1) is 10.7 Å². The topological polar surface area (TPSA) is 108 Å². The molecule has 0 radical (unpaired) electrons. The normalized spacial score (nSPS) is 12.9. The molecule has 0 heterocycles. The molecule has 8 nitrogen and oxygen atoms in total. The van der Waals surface area contributed by atoms with Crippen LogP contribution < -0.4 is 10.6 Å². The van der Waals surface area contributed by atoms with Gasteiger partial charge < -0.3 is 25.4 Å². The number of aromatic hydroxyl groups is 1. The van der Waals surface area contributed by atoms with Crippen LogP contribution in [0.1, 0.15) is 58.2 Å². The lowest BCUT2D eigenvalue weighted by Crippen LogP contribution is -2.51. The number of rotatable bonds is 8. The number of carbonyl (C=O) groups is 3. The van der Waals surface area contributed by atoms with E-state index in [0.29, 0.717) is 22.7 Å². The van der Waals surface area contributed by atoms with E-state index in [0.717, 1.165) is 5.56 Å². The molecule has 0 fully saturated rings. The number of alkyl carbamates (subject to hydrolysis) is 1. The second-order valence-corrected chi connectivity index (χ2v) is 9.72. The minimum atomic E-state index is -1.04. The number of benzene rings is 2. The van der Waals surface area contributed by atoms with Gasteiger partial charge in [0.2, 0.25) is 5.91 Å². The first kappa shape index (κ1) is 28.0. The lowest BCUT2D eigenvalue weighted by molar-refractivity contribution is -0.140. The van der Waals surface area contributed by atoms with Crippen molar-refractivity contribution in [2.75, 3.05) is 11.9 Å². The van der Waals surface area contributed by atoms with E-state index in [1.54, 1.807) is 52.0 Å². The molecule has 0 aliphatic carbocycles. The molecule has 2 unspecified atom stereocenters. The predicted octanol–water partition coefficient (Wildman–Crippen LogP) is 5.19. The number of halogens is 1. The summed E-state index contributed by atoms with van der Waals surface area (Å²) >= 11 is 6.32. The molecule has 3 amide bonds. The maximum Gasteiger partial charge on any atom is 0.408 e. The van der Waals surface area contributed by atoms with Crippen molar-refractivity contribution in [1.82, 2.24) is 10.2 Å². The van der Waals surface area contributed by atoms with Crippen molar-refractivity contribution in [2.24, 2.45) is 0 Å². The van der Waals surface area contributed by atoms with Gasteiger partial charge in [0.1, 0.15) is 23.4 Å². The quantitative estimate of drug-likeness (QED) is 0.459. The van der Waals surface area contributed by atoms with Crippen LogP contribution in [0.3, 0.4) is 0 Å². The van der Waals surface area contributed by atoms with E-state index in [-0.39, 0.29) is 12.3 Å². The Bertz CT molecular complexity index is 1030. The van der Waals surface area contributed by atoms with Gasteiger partial charge in [-0.2, -0.15) is 0 Å². The molecule has 0 spiro atoms. The number of ether oxygens (including phenoxy) is 1. The Hall–Kier alpha value is -3.26. The zero-order chi connectivity index (χ0) is 26.3. The number of amides is 3. The molecule has 0 bridgehead atoms. The van der Waals surface area contributed by atoms with Gasteiger partial charge in [-0.25, -0.2) is 4.79 Å². The lowest BCUT2D eigenvalue weighted by atomic mass is 10.0. The number of carbonyl (C=O) groups excluding carboxylic acids is 3. The minimum absolute atomic E-state index is 0.0307. The Morgan fingerprint density at radius 1 is 1.11 bits per heavy atom. The zero-order valence-electron chi connectivity index (χ0n) is 21.0. The van der Waals surface area contributed by atoms with Gasteiger partial charge in [-0.3, -0.25) is 9.59 Å². The van der Waals surface area contributed by atoms with Crippen LogP contribution in [0, 0.1) is 6.92 Å². The number of aryl methyl sites for hydroxylation is 1. The summed E-state index contributed by atoms with van der Waals surface area (Å²) in [5.41, 5.74) is 0.990. The smallest absolute Gasteiger partial charge is 0.408 e. The lowest BCUT2D eigenvalue weighted by Gasteiger charge is -2.33. The fourth-order valence-electron chi connectivity index (χ4n) is 3.51.